The summed E-state index contributed by atoms with van der Waals surface area (Å²) in [5.74, 6) is 0. The van der Waals surface area contributed by atoms with Gasteiger partial charge in [-0.1, -0.05) is 0 Å². The van der Waals surface area contributed by atoms with Gasteiger partial charge in [0, 0.05) is 12.3 Å². The molecule has 0 radical (unpaired) electrons. The third-order valence-corrected chi connectivity index (χ3v) is 1.04. The van der Waals surface area contributed by atoms with Gasteiger partial charge in [-0.15, -0.1) is 5.10 Å². The smallest absolute Gasteiger partial charge is 0.272 e. The molecule has 6 heteroatoms. The average Bonchev–Trinajstić information content (AvgIpc) is 1.95. The second-order valence-electron chi connectivity index (χ2n) is 1.65. The fourth-order valence-corrected chi connectivity index (χ4v) is 0.621. The highest BCUT2D eigenvalue weighted by Gasteiger charge is 1.90. The minimum atomic E-state index is -0.630. The molecule has 0 spiro atoms. The third kappa shape index (κ3) is 1.70. The van der Waals surface area contributed by atoms with Crippen LogP contribution in [0.25, 0.3) is 0 Å². The van der Waals surface area contributed by atoms with Crippen LogP contribution in [0.3, 0.4) is 0 Å². The standard InChI is InChI=1S/C5H3N3O2S/c9-4-1-2-8(6-3-11)5(10)7-4/h1-2H,(H,7,9,10). The highest BCUT2D eigenvalue weighted by molar-refractivity contribution is 7.78. The van der Waals surface area contributed by atoms with Crippen LogP contribution < -0.4 is 11.2 Å². The Labute approximate surface area is 66.0 Å². The minimum absolute atomic E-state index is 0.467. The second-order valence-corrected chi connectivity index (χ2v) is 1.83. The van der Waals surface area contributed by atoms with Crippen molar-refractivity contribution in [1.29, 1.82) is 0 Å². The zero-order valence-electron chi connectivity index (χ0n) is 5.27. The molecule has 0 saturated heterocycles. The summed E-state index contributed by atoms with van der Waals surface area (Å²) in [4.78, 5) is 23.2. The van der Waals surface area contributed by atoms with Gasteiger partial charge in [-0.05, 0) is 12.2 Å². The quantitative estimate of drug-likeness (QED) is 0.451. The third-order valence-electron chi connectivity index (χ3n) is 0.954. The van der Waals surface area contributed by atoms with Crippen molar-refractivity contribution in [2.75, 3.05) is 0 Å². The number of hydrogen-bond acceptors (Lipinski definition) is 4. The molecular formula is C5H3N3O2S. The molecule has 0 aliphatic carbocycles. The lowest BCUT2D eigenvalue weighted by atomic mass is 10.7. The molecule has 1 aromatic heterocycles. The van der Waals surface area contributed by atoms with Gasteiger partial charge in [0.05, 0.1) is 5.16 Å². The molecule has 0 bridgehead atoms. The van der Waals surface area contributed by atoms with Gasteiger partial charge < -0.3 is 0 Å². The summed E-state index contributed by atoms with van der Waals surface area (Å²) in [5.41, 5.74) is -1.10. The number of hydrogen-bond donors (Lipinski definition) is 1. The molecule has 0 atom stereocenters. The van der Waals surface area contributed by atoms with Crippen LogP contribution in [0, 0.1) is 0 Å². The van der Waals surface area contributed by atoms with Crippen LogP contribution in [0.5, 0.6) is 0 Å². The molecule has 0 amide bonds. The lowest BCUT2D eigenvalue weighted by Crippen LogP contribution is -2.25. The minimum Gasteiger partial charge on any atom is -0.272 e. The number of nitrogens with one attached hydrogen (secondary N) is 1. The molecule has 0 fully saturated rings. The Morgan fingerprint density at radius 3 is 2.91 bits per heavy atom. The maximum atomic E-state index is 10.8. The lowest BCUT2D eigenvalue weighted by molar-refractivity contribution is 0.780. The van der Waals surface area contributed by atoms with Crippen molar-refractivity contribution in [3.8, 4) is 0 Å². The van der Waals surface area contributed by atoms with Gasteiger partial charge in [0.1, 0.15) is 0 Å². The van der Waals surface area contributed by atoms with E-state index in [-0.39, 0.29) is 0 Å². The zero-order valence-corrected chi connectivity index (χ0v) is 6.09. The zero-order chi connectivity index (χ0) is 8.27. The van der Waals surface area contributed by atoms with Crippen molar-refractivity contribution in [3.05, 3.63) is 33.1 Å². The summed E-state index contributed by atoms with van der Waals surface area (Å²) in [6, 6.07) is 1.16. The van der Waals surface area contributed by atoms with Gasteiger partial charge in [-0.2, -0.15) is 4.68 Å². The highest BCUT2D eigenvalue weighted by Crippen LogP contribution is 1.69. The molecule has 1 heterocycles. The first-order valence-corrected chi connectivity index (χ1v) is 3.05. The van der Waals surface area contributed by atoms with Gasteiger partial charge in [0.15, 0.2) is 0 Å². The topological polar surface area (TPSA) is 67.2 Å². The summed E-state index contributed by atoms with van der Waals surface area (Å²) >= 11 is 4.26. The van der Waals surface area contributed by atoms with Crippen molar-refractivity contribution >= 4 is 17.4 Å². The van der Waals surface area contributed by atoms with E-state index in [2.05, 4.69) is 17.3 Å². The van der Waals surface area contributed by atoms with Crippen LogP contribution >= 0.6 is 12.2 Å². The van der Waals surface area contributed by atoms with Gasteiger partial charge in [-0.25, -0.2) is 4.79 Å². The predicted molar refractivity (Wildman–Crippen MR) is 41.7 cm³/mol. The van der Waals surface area contributed by atoms with Gasteiger partial charge in [0.25, 0.3) is 5.56 Å². The lowest BCUT2D eigenvalue weighted by Gasteiger charge is -1.89. The molecule has 0 saturated carbocycles. The van der Waals surface area contributed by atoms with Crippen LogP contribution in [-0.4, -0.2) is 14.8 Å². The largest absolute Gasteiger partial charge is 0.349 e. The van der Waals surface area contributed by atoms with Crippen LogP contribution in [-0.2, 0) is 0 Å². The van der Waals surface area contributed by atoms with E-state index in [4.69, 9.17) is 0 Å². The van der Waals surface area contributed by atoms with Gasteiger partial charge in [-0.3, -0.25) is 9.78 Å². The molecule has 11 heavy (non-hydrogen) atoms. The Morgan fingerprint density at radius 2 is 2.36 bits per heavy atom. The summed E-state index contributed by atoms with van der Waals surface area (Å²) in [7, 11) is 0. The summed E-state index contributed by atoms with van der Waals surface area (Å²) in [6.45, 7) is 0. The number of rotatable bonds is 1. The van der Waals surface area contributed by atoms with Gasteiger partial charge >= 0.3 is 5.69 Å². The number of thiocarbonyl (C=S) groups is 1. The summed E-state index contributed by atoms with van der Waals surface area (Å²) in [5, 5.41) is 5.34. The molecule has 1 N–H and O–H groups in total. The molecule has 56 valence electrons. The number of aromatic nitrogens is 2. The number of aromatic amines is 1. The Morgan fingerprint density at radius 1 is 1.64 bits per heavy atom. The van der Waals surface area contributed by atoms with Crippen molar-refractivity contribution in [3.63, 3.8) is 0 Å². The van der Waals surface area contributed by atoms with Crippen molar-refractivity contribution < 1.29 is 0 Å². The van der Waals surface area contributed by atoms with E-state index in [1.54, 1.807) is 0 Å². The van der Waals surface area contributed by atoms with E-state index in [0.29, 0.717) is 0 Å². The molecule has 1 aromatic rings. The summed E-state index contributed by atoms with van der Waals surface area (Å²) in [6.07, 6.45) is 1.21. The highest BCUT2D eigenvalue weighted by atomic mass is 32.1. The van der Waals surface area contributed by atoms with E-state index in [1.807, 2.05) is 10.1 Å². The Balaban J connectivity index is 3.42. The van der Waals surface area contributed by atoms with E-state index >= 15 is 0 Å². The number of nitrogens with zero attached hydrogens (tertiary/aromatic N) is 2. The molecule has 5 nitrogen and oxygen atoms in total. The number of H-pyrrole nitrogens is 1. The van der Waals surface area contributed by atoms with E-state index in [9.17, 15) is 9.59 Å². The number of isothiocyanates is 1. The Kier molecular flexibility index (Phi) is 2.10. The molecule has 0 unspecified atom stereocenters. The fourth-order valence-electron chi connectivity index (χ4n) is 0.533. The monoisotopic (exact) mass is 169 g/mol. The van der Waals surface area contributed by atoms with Crippen LogP contribution in [0.1, 0.15) is 0 Å². The van der Waals surface area contributed by atoms with Crippen molar-refractivity contribution in [1.82, 2.24) is 9.66 Å². The molecule has 0 aliphatic heterocycles. The molecule has 1 rings (SSSR count). The van der Waals surface area contributed by atoms with E-state index in [0.717, 1.165) is 10.7 Å². The van der Waals surface area contributed by atoms with Crippen molar-refractivity contribution in [2.24, 2.45) is 5.10 Å². The second kappa shape index (κ2) is 3.05. The first-order valence-electron chi connectivity index (χ1n) is 2.64. The van der Waals surface area contributed by atoms with E-state index in [1.165, 1.54) is 6.20 Å². The Hall–Kier alpha value is -1.52. The predicted octanol–water partition coefficient (Wildman–Crippen LogP) is -0.598. The SMILES string of the molecule is O=c1ccn(N=C=S)c(=O)[nH]1. The van der Waals surface area contributed by atoms with Gasteiger partial charge in [0.2, 0.25) is 0 Å². The Bertz CT molecular complexity index is 412. The molecule has 0 aliphatic rings. The average molecular weight is 169 g/mol. The maximum absolute atomic E-state index is 10.8. The van der Waals surface area contributed by atoms with Crippen LogP contribution in [0.2, 0.25) is 0 Å². The first-order chi connectivity index (χ1) is 5.24. The molecular weight excluding hydrogens is 166 g/mol. The van der Waals surface area contributed by atoms with E-state index < -0.39 is 11.2 Å². The first kappa shape index (κ1) is 7.59. The molecule has 0 aromatic carbocycles. The van der Waals surface area contributed by atoms with Crippen LogP contribution in [0.4, 0.5) is 0 Å². The van der Waals surface area contributed by atoms with Crippen LogP contribution in [0.15, 0.2) is 27.0 Å². The normalized spacial score (nSPS) is 8.73. The summed E-state index contributed by atoms with van der Waals surface area (Å²) < 4.78 is 0.883. The van der Waals surface area contributed by atoms with Crippen molar-refractivity contribution in [2.45, 2.75) is 0 Å². The fraction of sp³-hybridized carbons (Fsp3) is 0. The maximum Gasteiger partial charge on any atom is 0.349 e.